The fourth-order valence-corrected chi connectivity index (χ4v) is 2.25. The zero-order chi connectivity index (χ0) is 18.6. The minimum Gasteiger partial charge on any atom is -0.493 e. The van der Waals surface area contributed by atoms with Gasteiger partial charge in [0.25, 0.3) is 5.91 Å². The van der Waals surface area contributed by atoms with Crippen molar-refractivity contribution in [3.05, 3.63) is 72.3 Å². The van der Waals surface area contributed by atoms with Crippen molar-refractivity contribution in [3.8, 4) is 11.5 Å². The lowest BCUT2D eigenvalue weighted by atomic mass is 10.1. The molecule has 1 amide bonds. The molecule has 0 fully saturated rings. The summed E-state index contributed by atoms with van der Waals surface area (Å²) in [5.41, 5.74) is 4.26. The average molecular weight is 352 g/mol. The molecule has 0 unspecified atom stereocenters. The predicted octanol–water partition coefficient (Wildman–Crippen LogP) is 3.73. The quantitative estimate of drug-likeness (QED) is 0.403. The van der Waals surface area contributed by atoms with E-state index >= 15 is 0 Å². The van der Waals surface area contributed by atoms with Crippen LogP contribution in [-0.4, -0.2) is 25.3 Å². The normalized spacial score (nSPS) is 10.5. The second kappa shape index (κ2) is 10.7. The lowest BCUT2D eigenvalue weighted by Gasteiger charge is -2.09. The monoisotopic (exact) mass is 352 g/mol. The Balaban J connectivity index is 1.87. The number of benzene rings is 2. The number of amides is 1. The highest BCUT2D eigenvalue weighted by Gasteiger charge is 2.05. The highest BCUT2D eigenvalue weighted by Crippen LogP contribution is 2.18. The Labute approximate surface area is 154 Å². The Kier molecular flexibility index (Phi) is 7.93. The molecule has 0 aliphatic heterocycles. The number of para-hydroxylation sites is 2. The Morgan fingerprint density at radius 3 is 2.62 bits per heavy atom. The van der Waals surface area contributed by atoms with Crippen LogP contribution in [0.1, 0.15) is 24.5 Å². The van der Waals surface area contributed by atoms with E-state index in [9.17, 15) is 4.79 Å². The summed E-state index contributed by atoms with van der Waals surface area (Å²) in [5.74, 6) is 1.08. The number of hydrazone groups is 1. The smallest absolute Gasteiger partial charge is 0.277 e. The highest BCUT2D eigenvalue weighted by molar-refractivity contribution is 5.85. The van der Waals surface area contributed by atoms with Crippen LogP contribution in [0.25, 0.3) is 0 Å². The molecule has 0 aromatic heterocycles. The Morgan fingerprint density at radius 1 is 1.12 bits per heavy atom. The van der Waals surface area contributed by atoms with Gasteiger partial charge in [-0.1, -0.05) is 43.3 Å². The van der Waals surface area contributed by atoms with Gasteiger partial charge in [0.05, 0.1) is 12.8 Å². The Hall–Kier alpha value is -3.08. The molecule has 136 valence electrons. The van der Waals surface area contributed by atoms with Gasteiger partial charge < -0.3 is 9.47 Å². The molecule has 0 heterocycles. The van der Waals surface area contributed by atoms with Crippen LogP contribution >= 0.6 is 0 Å². The molecule has 0 saturated heterocycles. The zero-order valence-electron chi connectivity index (χ0n) is 15.0. The lowest BCUT2D eigenvalue weighted by Crippen LogP contribution is -2.24. The van der Waals surface area contributed by atoms with Gasteiger partial charge in [0.15, 0.2) is 6.61 Å². The van der Waals surface area contributed by atoms with Gasteiger partial charge >= 0.3 is 0 Å². The summed E-state index contributed by atoms with van der Waals surface area (Å²) in [6.07, 6.45) is 4.97. The first-order valence-corrected chi connectivity index (χ1v) is 8.60. The van der Waals surface area contributed by atoms with Crippen molar-refractivity contribution in [3.63, 3.8) is 0 Å². The number of ether oxygens (including phenoxy) is 2. The molecule has 0 saturated carbocycles. The molecule has 0 aliphatic rings. The van der Waals surface area contributed by atoms with Crippen molar-refractivity contribution in [2.24, 2.45) is 5.10 Å². The maximum atomic E-state index is 11.9. The van der Waals surface area contributed by atoms with Crippen molar-refractivity contribution in [2.45, 2.75) is 19.8 Å². The second-order valence-electron chi connectivity index (χ2n) is 5.57. The summed E-state index contributed by atoms with van der Waals surface area (Å²) in [7, 11) is 0. The van der Waals surface area contributed by atoms with Crippen molar-refractivity contribution in [1.29, 1.82) is 0 Å². The SMILES string of the molecule is C=CCc1ccccc1OCC(=O)NN=Cc1ccccc1OCCC. The van der Waals surface area contributed by atoms with E-state index in [1.54, 1.807) is 12.3 Å². The van der Waals surface area contributed by atoms with E-state index in [1.807, 2.05) is 55.5 Å². The second-order valence-corrected chi connectivity index (χ2v) is 5.57. The molecule has 2 rings (SSSR count). The number of hydrogen-bond donors (Lipinski definition) is 1. The average Bonchev–Trinajstić information content (AvgIpc) is 2.67. The molecule has 1 N–H and O–H groups in total. The molecular weight excluding hydrogens is 328 g/mol. The first kappa shape index (κ1) is 19.2. The molecule has 2 aromatic carbocycles. The van der Waals surface area contributed by atoms with E-state index in [2.05, 4.69) is 17.1 Å². The minimum atomic E-state index is -0.332. The summed E-state index contributed by atoms with van der Waals surface area (Å²) < 4.78 is 11.2. The van der Waals surface area contributed by atoms with Crippen LogP contribution in [0.15, 0.2) is 66.3 Å². The molecule has 5 nitrogen and oxygen atoms in total. The molecule has 5 heteroatoms. The molecule has 26 heavy (non-hydrogen) atoms. The standard InChI is InChI=1S/C21H24N2O3/c1-3-9-17-10-5-7-12-19(17)26-16-21(24)23-22-15-18-11-6-8-13-20(18)25-14-4-2/h3,5-8,10-13,15H,1,4,9,14,16H2,2H3,(H,23,24). The fourth-order valence-electron chi connectivity index (χ4n) is 2.25. The zero-order valence-corrected chi connectivity index (χ0v) is 15.0. The minimum absolute atomic E-state index is 0.112. The van der Waals surface area contributed by atoms with Gasteiger partial charge in [0.1, 0.15) is 11.5 Å². The number of rotatable bonds is 10. The Bertz CT molecular complexity index is 756. The molecule has 0 aliphatic carbocycles. The van der Waals surface area contributed by atoms with Gasteiger partial charge in [-0.05, 0) is 36.6 Å². The van der Waals surface area contributed by atoms with Crippen LogP contribution in [0.2, 0.25) is 0 Å². The van der Waals surface area contributed by atoms with Crippen LogP contribution in [0, 0.1) is 0 Å². The predicted molar refractivity (Wildman–Crippen MR) is 104 cm³/mol. The van der Waals surface area contributed by atoms with E-state index in [4.69, 9.17) is 9.47 Å². The Morgan fingerprint density at radius 2 is 1.85 bits per heavy atom. The fraction of sp³-hybridized carbons (Fsp3) is 0.238. The van der Waals surface area contributed by atoms with Crippen LogP contribution < -0.4 is 14.9 Å². The van der Waals surface area contributed by atoms with E-state index in [0.29, 0.717) is 18.8 Å². The molecule has 0 atom stereocenters. The molecule has 2 aromatic rings. The van der Waals surface area contributed by atoms with E-state index in [-0.39, 0.29) is 12.5 Å². The van der Waals surface area contributed by atoms with Crippen LogP contribution in [0.4, 0.5) is 0 Å². The largest absolute Gasteiger partial charge is 0.493 e. The number of carbonyl (C=O) groups excluding carboxylic acids is 1. The van der Waals surface area contributed by atoms with Gasteiger partial charge in [-0.15, -0.1) is 6.58 Å². The van der Waals surface area contributed by atoms with E-state index in [1.165, 1.54) is 0 Å². The number of hydrogen-bond acceptors (Lipinski definition) is 4. The van der Waals surface area contributed by atoms with Gasteiger partial charge in [0, 0.05) is 5.56 Å². The third-order valence-corrected chi connectivity index (χ3v) is 3.47. The highest BCUT2D eigenvalue weighted by atomic mass is 16.5. The van der Waals surface area contributed by atoms with Crippen LogP contribution in [0.3, 0.4) is 0 Å². The third kappa shape index (κ3) is 6.09. The summed E-state index contributed by atoms with van der Waals surface area (Å²) >= 11 is 0. The van der Waals surface area contributed by atoms with Gasteiger partial charge in [-0.25, -0.2) is 5.43 Å². The molecule has 0 spiro atoms. The topological polar surface area (TPSA) is 59.9 Å². The van der Waals surface area contributed by atoms with E-state index < -0.39 is 0 Å². The van der Waals surface area contributed by atoms with Crippen molar-refractivity contribution >= 4 is 12.1 Å². The van der Waals surface area contributed by atoms with Crippen LogP contribution in [0.5, 0.6) is 11.5 Å². The third-order valence-electron chi connectivity index (χ3n) is 3.47. The van der Waals surface area contributed by atoms with Gasteiger partial charge in [0.2, 0.25) is 0 Å². The first-order valence-electron chi connectivity index (χ1n) is 8.60. The number of nitrogens with zero attached hydrogens (tertiary/aromatic N) is 1. The molecular formula is C21H24N2O3. The van der Waals surface area contributed by atoms with Crippen LogP contribution in [-0.2, 0) is 11.2 Å². The molecule has 0 bridgehead atoms. The number of nitrogens with one attached hydrogen (secondary N) is 1. The summed E-state index contributed by atoms with van der Waals surface area (Å²) in [4.78, 5) is 11.9. The van der Waals surface area contributed by atoms with Crippen molar-refractivity contribution < 1.29 is 14.3 Å². The summed E-state index contributed by atoms with van der Waals surface area (Å²) in [6.45, 7) is 6.29. The first-order chi connectivity index (χ1) is 12.7. The summed E-state index contributed by atoms with van der Waals surface area (Å²) in [5, 5.41) is 3.98. The number of allylic oxidation sites excluding steroid dienone is 1. The van der Waals surface area contributed by atoms with Crippen molar-refractivity contribution in [1.82, 2.24) is 5.43 Å². The maximum absolute atomic E-state index is 11.9. The maximum Gasteiger partial charge on any atom is 0.277 e. The summed E-state index contributed by atoms with van der Waals surface area (Å²) in [6, 6.07) is 15.1. The number of carbonyl (C=O) groups is 1. The van der Waals surface area contributed by atoms with Gasteiger partial charge in [-0.3, -0.25) is 4.79 Å². The lowest BCUT2D eigenvalue weighted by molar-refractivity contribution is -0.123. The van der Waals surface area contributed by atoms with E-state index in [0.717, 1.165) is 23.3 Å². The van der Waals surface area contributed by atoms with Gasteiger partial charge in [-0.2, -0.15) is 5.10 Å². The van der Waals surface area contributed by atoms with Crippen molar-refractivity contribution in [2.75, 3.05) is 13.2 Å². The molecule has 0 radical (unpaired) electrons.